The minimum atomic E-state index is -2.90. The van der Waals surface area contributed by atoms with E-state index in [0.29, 0.717) is 41.6 Å². The lowest BCUT2D eigenvalue weighted by atomic mass is 10.0. The molecule has 0 spiro atoms. The van der Waals surface area contributed by atoms with E-state index in [1.165, 1.54) is 12.1 Å². The Bertz CT molecular complexity index is 1110. The van der Waals surface area contributed by atoms with Gasteiger partial charge in [0.15, 0.2) is 16.5 Å². The average Bonchev–Trinajstić information content (AvgIpc) is 3.22. The first-order valence-corrected chi connectivity index (χ1v) is 10.1. The number of hydrogen-bond acceptors (Lipinski definition) is 6. The SMILES string of the molecule is Cc1nc(N[C@H](C)c2cccc(C(F)F)c2F)c2cc(O[C@H]3CCOC3)c(Cl)nc2n1. The molecule has 3 heterocycles. The van der Waals surface area contributed by atoms with Crippen LogP contribution >= 0.6 is 11.6 Å². The summed E-state index contributed by atoms with van der Waals surface area (Å²) < 4.78 is 52.0. The topological polar surface area (TPSA) is 69.2 Å². The molecule has 31 heavy (non-hydrogen) atoms. The number of halogens is 4. The van der Waals surface area contributed by atoms with Crippen molar-refractivity contribution < 1.29 is 22.6 Å². The minimum Gasteiger partial charge on any atom is -0.485 e. The van der Waals surface area contributed by atoms with Crippen LogP contribution in [0.3, 0.4) is 0 Å². The number of nitrogens with one attached hydrogen (secondary N) is 1. The summed E-state index contributed by atoms with van der Waals surface area (Å²) in [7, 11) is 0. The normalized spacial score (nSPS) is 17.3. The van der Waals surface area contributed by atoms with Crippen LogP contribution in [0.1, 0.15) is 42.8 Å². The van der Waals surface area contributed by atoms with Crippen LogP contribution in [0.25, 0.3) is 11.0 Å². The van der Waals surface area contributed by atoms with Crippen LogP contribution in [0.5, 0.6) is 5.75 Å². The molecule has 1 N–H and O–H groups in total. The molecule has 1 aliphatic heterocycles. The van der Waals surface area contributed by atoms with Gasteiger partial charge in [0.05, 0.1) is 30.2 Å². The smallest absolute Gasteiger partial charge is 0.266 e. The van der Waals surface area contributed by atoms with Gasteiger partial charge in [-0.25, -0.2) is 28.1 Å². The third kappa shape index (κ3) is 4.52. The Morgan fingerprint density at radius 2 is 2.00 bits per heavy atom. The summed E-state index contributed by atoms with van der Waals surface area (Å²) in [6, 6.07) is 4.95. The molecule has 0 amide bonds. The Morgan fingerprint density at radius 3 is 2.71 bits per heavy atom. The van der Waals surface area contributed by atoms with Crippen molar-refractivity contribution in [3.05, 3.63) is 52.2 Å². The van der Waals surface area contributed by atoms with Gasteiger partial charge in [-0.1, -0.05) is 29.8 Å². The minimum absolute atomic E-state index is 0.101. The van der Waals surface area contributed by atoms with Crippen LogP contribution in [0.4, 0.5) is 19.0 Å². The van der Waals surface area contributed by atoms with Crippen molar-refractivity contribution in [2.75, 3.05) is 18.5 Å². The van der Waals surface area contributed by atoms with Gasteiger partial charge in [0.25, 0.3) is 6.43 Å². The van der Waals surface area contributed by atoms with Crippen LogP contribution in [-0.4, -0.2) is 34.3 Å². The Hall–Kier alpha value is -2.65. The van der Waals surface area contributed by atoms with Gasteiger partial charge in [-0.15, -0.1) is 0 Å². The molecule has 1 aromatic carbocycles. The maximum Gasteiger partial charge on any atom is 0.266 e. The molecule has 1 saturated heterocycles. The standard InChI is InChI=1S/C21H20ClF3N4O2/c1-10(13-4-3-5-14(17(13)23)19(24)25)26-20-15-8-16(31-12-6-7-30-9-12)18(22)29-21(15)28-11(2)27-20/h3-5,8,10,12,19H,6-7,9H2,1-2H3,(H,26,27,28,29)/t10-,12+/m1/s1. The van der Waals surface area contributed by atoms with Crippen molar-refractivity contribution in [3.8, 4) is 5.75 Å². The molecule has 0 unspecified atom stereocenters. The fraction of sp³-hybridized carbons (Fsp3) is 0.381. The number of ether oxygens (including phenoxy) is 2. The van der Waals surface area contributed by atoms with E-state index in [1.54, 1.807) is 19.9 Å². The molecule has 3 aromatic rings. The van der Waals surface area contributed by atoms with Gasteiger partial charge in [0.2, 0.25) is 0 Å². The quantitative estimate of drug-likeness (QED) is 0.505. The number of nitrogens with zero attached hydrogens (tertiary/aromatic N) is 3. The van der Waals surface area contributed by atoms with Gasteiger partial charge in [-0.05, 0) is 19.9 Å². The summed E-state index contributed by atoms with van der Waals surface area (Å²) in [5.41, 5.74) is -0.203. The molecule has 2 atom stereocenters. The lowest BCUT2D eigenvalue weighted by molar-refractivity contribution is 0.141. The summed E-state index contributed by atoms with van der Waals surface area (Å²) >= 11 is 6.28. The van der Waals surface area contributed by atoms with Gasteiger partial charge < -0.3 is 14.8 Å². The van der Waals surface area contributed by atoms with E-state index in [9.17, 15) is 13.2 Å². The Labute approximate surface area is 181 Å². The first-order valence-electron chi connectivity index (χ1n) is 9.75. The largest absolute Gasteiger partial charge is 0.485 e. The van der Waals surface area contributed by atoms with E-state index >= 15 is 0 Å². The van der Waals surface area contributed by atoms with Crippen LogP contribution < -0.4 is 10.1 Å². The fourth-order valence-corrected chi connectivity index (χ4v) is 3.63. The van der Waals surface area contributed by atoms with E-state index in [-0.39, 0.29) is 16.8 Å². The average molecular weight is 453 g/mol. The third-order valence-corrected chi connectivity index (χ3v) is 5.29. The lowest BCUT2D eigenvalue weighted by Gasteiger charge is -2.19. The number of fused-ring (bicyclic) bond motifs is 1. The molecule has 0 saturated carbocycles. The number of alkyl halides is 2. The second-order valence-electron chi connectivity index (χ2n) is 7.29. The summed E-state index contributed by atoms with van der Waals surface area (Å²) in [6.07, 6.45) is -2.30. The summed E-state index contributed by atoms with van der Waals surface area (Å²) in [5, 5.41) is 3.76. The molecule has 4 rings (SSSR count). The summed E-state index contributed by atoms with van der Waals surface area (Å²) in [6.45, 7) is 4.41. The fourth-order valence-electron chi connectivity index (χ4n) is 3.46. The van der Waals surface area contributed by atoms with Crippen molar-refractivity contribution >= 4 is 28.5 Å². The molecule has 10 heteroatoms. The van der Waals surface area contributed by atoms with Crippen molar-refractivity contribution in [3.63, 3.8) is 0 Å². The highest BCUT2D eigenvalue weighted by Gasteiger charge is 2.23. The maximum atomic E-state index is 14.6. The molecule has 1 fully saturated rings. The molecule has 0 radical (unpaired) electrons. The highest BCUT2D eigenvalue weighted by molar-refractivity contribution is 6.31. The van der Waals surface area contributed by atoms with Crippen LogP contribution in [0, 0.1) is 12.7 Å². The van der Waals surface area contributed by atoms with Gasteiger partial charge in [0, 0.05) is 12.0 Å². The van der Waals surface area contributed by atoms with Crippen molar-refractivity contribution in [1.82, 2.24) is 15.0 Å². The number of pyridine rings is 1. The third-order valence-electron chi connectivity index (χ3n) is 5.01. The Balaban J connectivity index is 1.70. The molecule has 164 valence electrons. The predicted octanol–water partition coefficient (Wildman–Crippen LogP) is 5.40. The van der Waals surface area contributed by atoms with Gasteiger partial charge >= 0.3 is 0 Å². The monoisotopic (exact) mass is 452 g/mol. The highest BCUT2D eigenvalue weighted by Crippen LogP contribution is 2.34. The number of hydrogen-bond donors (Lipinski definition) is 1. The van der Waals surface area contributed by atoms with Crippen molar-refractivity contribution in [2.24, 2.45) is 0 Å². The maximum absolute atomic E-state index is 14.6. The first-order chi connectivity index (χ1) is 14.8. The van der Waals surface area contributed by atoms with E-state index in [2.05, 4.69) is 20.3 Å². The van der Waals surface area contributed by atoms with Crippen molar-refractivity contribution in [1.29, 1.82) is 0 Å². The molecule has 0 bridgehead atoms. The van der Waals surface area contributed by atoms with Gasteiger partial charge in [-0.2, -0.15) is 0 Å². The Morgan fingerprint density at radius 1 is 1.23 bits per heavy atom. The van der Waals surface area contributed by atoms with E-state index in [0.717, 1.165) is 12.5 Å². The van der Waals surface area contributed by atoms with Crippen LogP contribution in [-0.2, 0) is 4.74 Å². The summed E-state index contributed by atoms with van der Waals surface area (Å²) in [5.74, 6) is 0.205. The molecular weight excluding hydrogens is 433 g/mol. The predicted molar refractivity (Wildman–Crippen MR) is 110 cm³/mol. The molecule has 1 aliphatic rings. The second kappa shape index (κ2) is 8.84. The number of benzene rings is 1. The number of aromatic nitrogens is 3. The molecular formula is C21H20ClF3N4O2. The molecule has 0 aliphatic carbocycles. The zero-order valence-electron chi connectivity index (χ0n) is 16.8. The van der Waals surface area contributed by atoms with Crippen LogP contribution in [0.15, 0.2) is 24.3 Å². The van der Waals surface area contributed by atoms with Gasteiger partial charge in [-0.3, -0.25) is 0 Å². The zero-order chi connectivity index (χ0) is 22.1. The summed E-state index contributed by atoms with van der Waals surface area (Å²) in [4.78, 5) is 13.0. The van der Waals surface area contributed by atoms with Crippen molar-refractivity contribution in [2.45, 2.75) is 38.8 Å². The zero-order valence-corrected chi connectivity index (χ0v) is 17.6. The number of rotatable bonds is 6. The van der Waals surface area contributed by atoms with Crippen LogP contribution in [0.2, 0.25) is 5.15 Å². The molecule has 6 nitrogen and oxygen atoms in total. The lowest BCUT2D eigenvalue weighted by Crippen LogP contribution is -2.16. The Kier molecular flexibility index (Phi) is 6.15. The second-order valence-corrected chi connectivity index (χ2v) is 7.65. The van der Waals surface area contributed by atoms with Gasteiger partial charge in [0.1, 0.15) is 23.6 Å². The first kappa shape index (κ1) is 21.6. The van der Waals surface area contributed by atoms with E-state index < -0.39 is 23.8 Å². The number of aryl methyl sites for hydroxylation is 1. The van der Waals surface area contributed by atoms with E-state index in [4.69, 9.17) is 21.1 Å². The van der Waals surface area contributed by atoms with E-state index in [1.807, 2.05) is 0 Å². The highest BCUT2D eigenvalue weighted by atomic mass is 35.5. The number of anilines is 1. The molecule has 2 aromatic heterocycles.